The van der Waals surface area contributed by atoms with Crippen LogP contribution in [0.5, 0.6) is 0 Å². The molecule has 0 aliphatic carbocycles. The maximum Gasteiger partial charge on any atom is 0.258 e. The molecule has 0 saturated carbocycles. The molecule has 1 aromatic carbocycles. The fraction of sp³-hybridized carbons (Fsp3) is 0.450. The van der Waals surface area contributed by atoms with Crippen molar-refractivity contribution in [1.82, 2.24) is 24.2 Å². The lowest BCUT2D eigenvalue weighted by Crippen LogP contribution is -2.41. The number of nitrogens with zero attached hydrogens (tertiary/aromatic N) is 5. The van der Waals surface area contributed by atoms with Gasteiger partial charge in [-0.15, -0.1) is 0 Å². The Labute approximate surface area is 163 Å². The number of rotatable bonds is 4. The van der Waals surface area contributed by atoms with E-state index in [4.69, 9.17) is 11.6 Å². The molecule has 0 spiro atoms. The summed E-state index contributed by atoms with van der Waals surface area (Å²) in [4.78, 5) is 19.6. The Bertz CT molecular complexity index is 976. The molecule has 1 aliphatic rings. The van der Waals surface area contributed by atoms with E-state index < -0.39 is 0 Å². The van der Waals surface area contributed by atoms with Gasteiger partial charge in [-0.25, -0.2) is 4.98 Å². The van der Waals surface area contributed by atoms with Crippen LogP contribution in [0.2, 0.25) is 5.15 Å². The number of para-hydroxylation sites is 2. The zero-order valence-electron chi connectivity index (χ0n) is 15.7. The smallest absolute Gasteiger partial charge is 0.258 e. The number of halogens is 1. The molecule has 7 heteroatoms. The number of imidazole rings is 1. The van der Waals surface area contributed by atoms with Gasteiger partial charge < -0.3 is 9.47 Å². The van der Waals surface area contributed by atoms with Crippen LogP contribution in [0.4, 0.5) is 0 Å². The fourth-order valence-corrected chi connectivity index (χ4v) is 4.23. The average molecular weight is 386 g/mol. The van der Waals surface area contributed by atoms with Gasteiger partial charge in [0, 0.05) is 26.7 Å². The van der Waals surface area contributed by atoms with Crippen LogP contribution in [0.3, 0.4) is 0 Å². The monoisotopic (exact) mass is 385 g/mol. The van der Waals surface area contributed by atoms with Crippen molar-refractivity contribution in [2.45, 2.75) is 32.7 Å². The third-order valence-electron chi connectivity index (χ3n) is 5.39. The first-order valence-corrected chi connectivity index (χ1v) is 9.86. The SMILES string of the molecule is CCc1nn(C)c(Cl)c1C(=O)N1CCCC(Cn2cnc3ccccc32)C1. The zero-order chi connectivity index (χ0) is 19.0. The third-order valence-corrected chi connectivity index (χ3v) is 5.82. The highest BCUT2D eigenvalue weighted by atomic mass is 35.5. The van der Waals surface area contributed by atoms with E-state index in [-0.39, 0.29) is 5.91 Å². The number of likely N-dealkylation sites (tertiary alicyclic amines) is 1. The third kappa shape index (κ3) is 3.34. The first-order chi connectivity index (χ1) is 13.1. The van der Waals surface area contributed by atoms with Crippen molar-refractivity contribution in [3.05, 3.63) is 47.0 Å². The summed E-state index contributed by atoms with van der Waals surface area (Å²) in [7, 11) is 1.78. The molecule has 3 heterocycles. The van der Waals surface area contributed by atoms with Crippen LogP contribution in [-0.4, -0.2) is 43.2 Å². The number of benzene rings is 1. The minimum atomic E-state index is 0.00476. The molecule has 0 N–H and O–H groups in total. The molecule has 1 fully saturated rings. The van der Waals surface area contributed by atoms with Crippen LogP contribution in [0.25, 0.3) is 11.0 Å². The Balaban J connectivity index is 1.52. The lowest BCUT2D eigenvalue weighted by atomic mass is 9.97. The van der Waals surface area contributed by atoms with Gasteiger partial charge in [0.25, 0.3) is 5.91 Å². The molecule has 1 unspecified atom stereocenters. The number of aromatic nitrogens is 4. The molecule has 1 atom stereocenters. The molecule has 4 rings (SSSR count). The first-order valence-electron chi connectivity index (χ1n) is 9.49. The van der Waals surface area contributed by atoms with Gasteiger partial charge in [-0.2, -0.15) is 5.10 Å². The van der Waals surface area contributed by atoms with Crippen molar-refractivity contribution in [1.29, 1.82) is 0 Å². The molecular formula is C20H24ClN5O. The normalized spacial score (nSPS) is 17.6. The molecule has 6 nitrogen and oxygen atoms in total. The van der Waals surface area contributed by atoms with E-state index in [1.807, 2.05) is 36.4 Å². The lowest BCUT2D eigenvalue weighted by molar-refractivity contribution is 0.0662. The summed E-state index contributed by atoms with van der Waals surface area (Å²) in [6.07, 6.45) is 4.71. The van der Waals surface area contributed by atoms with Gasteiger partial charge in [-0.05, 0) is 37.3 Å². The second-order valence-electron chi connectivity index (χ2n) is 7.23. The van der Waals surface area contributed by atoms with Crippen LogP contribution in [0, 0.1) is 5.92 Å². The highest BCUT2D eigenvalue weighted by Gasteiger charge is 2.29. The number of hydrogen-bond donors (Lipinski definition) is 0. The highest BCUT2D eigenvalue weighted by Crippen LogP contribution is 2.26. The summed E-state index contributed by atoms with van der Waals surface area (Å²) in [6, 6.07) is 8.16. The second-order valence-corrected chi connectivity index (χ2v) is 7.59. The summed E-state index contributed by atoms with van der Waals surface area (Å²) in [5, 5.41) is 4.81. The number of aryl methyl sites for hydroxylation is 2. The predicted octanol–water partition coefficient (Wildman–Crippen LogP) is 3.54. The molecule has 1 saturated heterocycles. The maximum atomic E-state index is 13.1. The Morgan fingerprint density at radius 1 is 1.33 bits per heavy atom. The minimum absolute atomic E-state index is 0.00476. The van der Waals surface area contributed by atoms with Crippen LogP contribution in [-0.2, 0) is 20.0 Å². The largest absolute Gasteiger partial charge is 0.338 e. The topological polar surface area (TPSA) is 56.0 Å². The Morgan fingerprint density at radius 3 is 2.96 bits per heavy atom. The average Bonchev–Trinajstić information content (AvgIpc) is 3.22. The van der Waals surface area contributed by atoms with Crippen molar-refractivity contribution in [3.8, 4) is 0 Å². The standard InChI is InChI=1S/C20H24ClN5O/c1-3-15-18(19(21)24(2)23-15)20(27)25-10-6-7-14(11-25)12-26-13-22-16-8-4-5-9-17(16)26/h4-5,8-9,13-14H,3,6-7,10-12H2,1-2H3. The van der Waals surface area contributed by atoms with Crippen LogP contribution in [0.15, 0.2) is 30.6 Å². The van der Waals surface area contributed by atoms with Gasteiger partial charge in [0.2, 0.25) is 0 Å². The van der Waals surface area contributed by atoms with E-state index in [1.54, 1.807) is 11.7 Å². The van der Waals surface area contributed by atoms with Gasteiger partial charge in [0.1, 0.15) is 5.15 Å². The van der Waals surface area contributed by atoms with Gasteiger partial charge in [0.05, 0.1) is 28.6 Å². The van der Waals surface area contributed by atoms with Crippen molar-refractivity contribution < 1.29 is 4.79 Å². The van der Waals surface area contributed by atoms with Crippen LogP contribution < -0.4 is 0 Å². The van der Waals surface area contributed by atoms with E-state index in [9.17, 15) is 4.79 Å². The number of amides is 1. The zero-order valence-corrected chi connectivity index (χ0v) is 16.5. The van der Waals surface area contributed by atoms with E-state index in [0.29, 0.717) is 23.1 Å². The van der Waals surface area contributed by atoms with Crippen molar-refractivity contribution in [3.63, 3.8) is 0 Å². The van der Waals surface area contributed by atoms with E-state index in [2.05, 4.69) is 20.7 Å². The minimum Gasteiger partial charge on any atom is -0.338 e. The van der Waals surface area contributed by atoms with Crippen molar-refractivity contribution in [2.24, 2.45) is 13.0 Å². The van der Waals surface area contributed by atoms with E-state index in [1.165, 1.54) is 0 Å². The number of hydrogen-bond acceptors (Lipinski definition) is 3. The molecule has 0 bridgehead atoms. The number of fused-ring (bicyclic) bond motifs is 1. The molecule has 142 valence electrons. The Hall–Kier alpha value is -2.34. The quantitative estimate of drug-likeness (QED) is 0.690. The molecule has 1 aliphatic heterocycles. The summed E-state index contributed by atoms with van der Waals surface area (Å²) in [5.41, 5.74) is 3.49. The van der Waals surface area contributed by atoms with Gasteiger partial charge in [0.15, 0.2) is 0 Å². The first kappa shape index (κ1) is 18.0. The Morgan fingerprint density at radius 2 is 2.15 bits per heavy atom. The van der Waals surface area contributed by atoms with Gasteiger partial charge in [-0.1, -0.05) is 30.7 Å². The summed E-state index contributed by atoms with van der Waals surface area (Å²) < 4.78 is 3.79. The summed E-state index contributed by atoms with van der Waals surface area (Å²) in [5.74, 6) is 0.408. The van der Waals surface area contributed by atoms with E-state index >= 15 is 0 Å². The van der Waals surface area contributed by atoms with Gasteiger partial charge in [-0.3, -0.25) is 9.48 Å². The van der Waals surface area contributed by atoms with Crippen LogP contribution >= 0.6 is 11.6 Å². The molecule has 2 aromatic heterocycles. The molecule has 0 radical (unpaired) electrons. The lowest BCUT2D eigenvalue weighted by Gasteiger charge is -2.33. The predicted molar refractivity (Wildman–Crippen MR) is 106 cm³/mol. The highest BCUT2D eigenvalue weighted by molar-refractivity contribution is 6.33. The summed E-state index contributed by atoms with van der Waals surface area (Å²) in [6.45, 7) is 4.37. The number of carbonyl (C=O) groups excluding carboxylic acids is 1. The Kier molecular flexibility index (Phi) is 4.91. The van der Waals surface area contributed by atoms with E-state index in [0.717, 1.165) is 49.2 Å². The molecule has 1 amide bonds. The van der Waals surface area contributed by atoms with Crippen LogP contribution in [0.1, 0.15) is 35.8 Å². The maximum absolute atomic E-state index is 13.1. The van der Waals surface area contributed by atoms with Crippen molar-refractivity contribution in [2.75, 3.05) is 13.1 Å². The van der Waals surface area contributed by atoms with Gasteiger partial charge >= 0.3 is 0 Å². The summed E-state index contributed by atoms with van der Waals surface area (Å²) >= 11 is 6.36. The molecular weight excluding hydrogens is 362 g/mol. The molecule has 3 aromatic rings. The molecule has 27 heavy (non-hydrogen) atoms. The second kappa shape index (κ2) is 7.35. The fourth-order valence-electron chi connectivity index (χ4n) is 4.01. The van der Waals surface area contributed by atoms with Crippen molar-refractivity contribution >= 4 is 28.5 Å². The number of carbonyl (C=O) groups is 1. The number of piperidine rings is 1.